The number of rotatable bonds is 10. The molecule has 6 nitrogen and oxygen atoms in total. The maximum Gasteiger partial charge on any atom is 0.181 e. The van der Waals surface area contributed by atoms with Crippen molar-refractivity contribution in [2.24, 2.45) is 0 Å². The van der Waals surface area contributed by atoms with Gasteiger partial charge in [0.25, 0.3) is 0 Å². The summed E-state index contributed by atoms with van der Waals surface area (Å²) in [6.45, 7) is 4.52. The standard InChI is InChI=1S/C23H24Cl3NO5S/c1-23(2,16-10-18(25)22(19(26)11-16)30-9-8-24)15-4-6-17(7-5-15)31-12-21-20(27-14-32-21)13-33(3,28)29/h4-7,10-11,14H,8-9,12-13H2,1-3H3. The third kappa shape index (κ3) is 6.57. The van der Waals surface area contributed by atoms with E-state index in [0.29, 0.717) is 45.5 Å². The van der Waals surface area contributed by atoms with Crippen molar-refractivity contribution in [3.8, 4) is 11.5 Å². The van der Waals surface area contributed by atoms with Crippen LogP contribution in [0.5, 0.6) is 11.5 Å². The Hall–Kier alpha value is -1.93. The van der Waals surface area contributed by atoms with Crippen molar-refractivity contribution in [3.05, 3.63) is 75.4 Å². The SMILES string of the molecule is CC(C)(c1ccc(OCc2ocnc2CS(C)(=O)=O)cc1)c1cc(Cl)c(OCCCl)c(Cl)c1. The van der Waals surface area contributed by atoms with E-state index < -0.39 is 15.3 Å². The molecule has 0 unspecified atom stereocenters. The van der Waals surface area contributed by atoms with Gasteiger partial charge in [0.1, 0.15) is 24.7 Å². The Bertz CT molecular complexity index is 1180. The molecule has 0 saturated heterocycles. The Morgan fingerprint density at radius 2 is 1.67 bits per heavy atom. The van der Waals surface area contributed by atoms with E-state index in [4.69, 9.17) is 48.7 Å². The lowest BCUT2D eigenvalue weighted by Gasteiger charge is -2.27. The van der Waals surface area contributed by atoms with Gasteiger partial charge in [0.2, 0.25) is 0 Å². The summed E-state index contributed by atoms with van der Waals surface area (Å²) in [5.41, 5.74) is 1.90. The molecule has 10 heteroatoms. The van der Waals surface area contributed by atoms with Gasteiger partial charge in [-0.2, -0.15) is 0 Å². The monoisotopic (exact) mass is 531 g/mol. The normalized spacial score (nSPS) is 12.1. The van der Waals surface area contributed by atoms with Crippen LogP contribution in [0.3, 0.4) is 0 Å². The van der Waals surface area contributed by atoms with E-state index in [1.54, 1.807) is 0 Å². The highest BCUT2D eigenvalue weighted by Crippen LogP contribution is 2.40. The molecule has 33 heavy (non-hydrogen) atoms. The minimum Gasteiger partial charge on any atom is -0.489 e. The summed E-state index contributed by atoms with van der Waals surface area (Å²) in [6.07, 6.45) is 2.36. The fourth-order valence-electron chi connectivity index (χ4n) is 3.26. The van der Waals surface area contributed by atoms with Gasteiger partial charge in [0.15, 0.2) is 27.7 Å². The molecule has 0 bridgehead atoms. The number of nitrogens with zero attached hydrogens (tertiary/aromatic N) is 1. The second kappa shape index (κ2) is 10.6. The number of alkyl halides is 1. The van der Waals surface area contributed by atoms with E-state index in [-0.39, 0.29) is 12.4 Å². The molecule has 0 aliphatic heterocycles. The molecule has 0 aliphatic carbocycles. The van der Waals surface area contributed by atoms with Crippen molar-refractivity contribution < 1.29 is 22.3 Å². The third-order valence-corrected chi connectivity index (χ3v) is 6.63. The molecule has 1 aromatic heterocycles. The fraction of sp³-hybridized carbons (Fsp3) is 0.348. The van der Waals surface area contributed by atoms with Gasteiger partial charge in [0.05, 0.1) is 21.7 Å². The summed E-state index contributed by atoms with van der Waals surface area (Å²) < 4.78 is 39.7. The van der Waals surface area contributed by atoms with E-state index in [1.807, 2.05) is 36.4 Å². The smallest absolute Gasteiger partial charge is 0.181 e. The molecule has 178 valence electrons. The van der Waals surface area contributed by atoms with Crippen LogP contribution in [0.25, 0.3) is 0 Å². The van der Waals surface area contributed by atoms with Crippen molar-refractivity contribution in [1.29, 1.82) is 0 Å². The molecule has 0 amide bonds. The van der Waals surface area contributed by atoms with Crippen LogP contribution in [-0.4, -0.2) is 32.1 Å². The van der Waals surface area contributed by atoms with Gasteiger partial charge in [-0.15, -0.1) is 11.6 Å². The molecule has 0 aliphatic rings. The summed E-state index contributed by atoms with van der Waals surface area (Å²) in [4.78, 5) is 3.97. The van der Waals surface area contributed by atoms with E-state index in [2.05, 4.69) is 18.8 Å². The number of oxazole rings is 1. The third-order valence-electron chi connectivity index (χ3n) is 5.11. The molecule has 0 fully saturated rings. The van der Waals surface area contributed by atoms with Crippen LogP contribution in [0.4, 0.5) is 0 Å². The molecule has 3 rings (SSSR count). The van der Waals surface area contributed by atoms with Gasteiger partial charge >= 0.3 is 0 Å². The van der Waals surface area contributed by atoms with Crippen molar-refractivity contribution in [1.82, 2.24) is 4.98 Å². The maximum atomic E-state index is 11.5. The maximum absolute atomic E-state index is 11.5. The van der Waals surface area contributed by atoms with Crippen molar-refractivity contribution >= 4 is 44.6 Å². The molecule has 0 saturated carbocycles. The molecular formula is C23H24Cl3NO5S. The van der Waals surface area contributed by atoms with Crippen LogP contribution in [-0.2, 0) is 27.6 Å². The first-order valence-corrected chi connectivity index (χ1v) is 13.4. The summed E-state index contributed by atoms with van der Waals surface area (Å²) >= 11 is 18.5. The zero-order chi connectivity index (χ0) is 24.2. The van der Waals surface area contributed by atoms with Crippen LogP contribution in [0.2, 0.25) is 10.0 Å². The minimum absolute atomic E-state index is 0.0720. The Morgan fingerprint density at radius 1 is 1.03 bits per heavy atom. The number of sulfone groups is 1. The minimum atomic E-state index is -3.23. The van der Waals surface area contributed by atoms with Gasteiger partial charge in [-0.3, -0.25) is 0 Å². The lowest BCUT2D eigenvalue weighted by molar-refractivity contribution is 0.269. The zero-order valence-electron chi connectivity index (χ0n) is 18.4. The average Bonchev–Trinajstić information content (AvgIpc) is 3.17. The molecule has 0 spiro atoms. The first kappa shape index (κ1) is 25.7. The summed E-state index contributed by atoms with van der Waals surface area (Å²) in [5.74, 6) is 1.55. The van der Waals surface area contributed by atoms with Crippen LogP contribution < -0.4 is 9.47 Å². The molecule has 0 atom stereocenters. The number of hydrogen-bond acceptors (Lipinski definition) is 6. The van der Waals surface area contributed by atoms with E-state index in [0.717, 1.165) is 17.4 Å². The van der Waals surface area contributed by atoms with Crippen LogP contribution in [0, 0.1) is 0 Å². The molecule has 1 heterocycles. The van der Waals surface area contributed by atoms with Gasteiger partial charge < -0.3 is 13.9 Å². The number of aromatic nitrogens is 1. The average molecular weight is 533 g/mol. The molecule has 2 aromatic carbocycles. The number of hydrogen-bond donors (Lipinski definition) is 0. The van der Waals surface area contributed by atoms with Crippen LogP contribution in [0.15, 0.2) is 47.2 Å². The molecule has 0 N–H and O–H groups in total. The number of halogens is 3. The Balaban J connectivity index is 1.74. The largest absolute Gasteiger partial charge is 0.489 e. The predicted molar refractivity (Wildman–Crippen MR) is 131 cm³/mol. The highest BCUT2D eigenvalue weighted by Gasteiger charge is 2.26. The van der Waals surface area contributed by atoms with Crippen molar-refractivity contribution in [2.75, 3.05) is 18.7 Å². The lowest BCUT2D eigenvalue weighted by Crippen LogP contribution is -2.19. The van der Waals surface area contributed by atoms with Crippen molar-refractivity contribution in [3.63, 3.8) is 0 Å². The molecule has 0 radical (unpaired) electrons. The molecular weight excluding hydrogens is 509 g/mol. The number of benzene rings is 2. The highest BCUT2D eigenvalue weighted by molar-refractivity contribution is 7.89. The topological polar surface area (TPSA) is 78.6 Å². The van der Waals surface area contributed by atoms with E-state index >= 15 is 0 Å². The second-order valence-electron chi connectivity index (χ2n) is 8.04. The summed E-state index contributed by atoms with van der Waals surface area (Å²) in [7, 11) is -3.23. The molecule has 3 aromatic rings. The highest BCUT2D eigenvalue weighted by atomic mass is 35.5. The zero-order valence-corrected chi connectivity index (χ0v) is 21.5. The van der Waals surface area contributed by atoms with Gasteiger partial charge in [-0.1, -0.05) is 49.2 Å². The second-order valence-corrected chi connectivity index (χ2v) is 11.4. The Labute approximate surface area is 208 Å². The van der Waals surface area contributed by atoms with Gasteiger partial charge in [-0.05, 0) is 35.4 Å². The van der Waals surface area contributed by atoms with E-state index in [9.17, 15) is 8.42 Å². The van der Waals surface area contributed by atoms with E-state index in [1.165, 1.54) is 6.39 Å². The first-order chi connectivity index (χ1) is 15.5. The van der Waals surface area contributed by atoms with Crippen molar-refractivity contribution in [2.45, 2.75) is 31.6 Å². The number of ether oxygens (including phenoxy) is 2. The lowest BCUT2D eigenvalue weighted by atomic mass is 9.78. The van der Waals surface area contributed by atoms with Crippen LogP contribution in [0.1, 0.15) is 36.4 Å². The summed E-state index contributed by atoms with van der Waals surface area (Å²) in [5, 5.41) is 0.847. The Morgan fingerprint density at radius 3 is 2.24 bits per heavy atom. The summed E-state index contributed by atoms with van der Waals surface area (Å²) in [6, 6.07) is 11.3. The van der Waals surface area contributed by atoms with Gasteiger partial charge in [-0.25, -0.2) is 13.4 Å². The quantitative estimate of drug-likeness (QED) is 0.296. The van der Waals surface area contributed by atoms with Gasteiger partial charge in [0, 0.05) is 11.7 Å². The Kier molecular flexibility index (Phi) is 8.22. The predicted octanol–water partition coefficient (Wildman–Crippen LogP) is 6.05. The van der Waals surface area contributed by atoms with Crippen LogP contribution >= 0.6 is 34.8 Å². The first-order valence-electron chi connectivity index (χ1n) is 10.0. The fourth-order valence-corrected chi connectivity index (χ4v) is 4.67.